The van der Waals surface area contributed by atoms with Crippen LogP contribution in [0.15, 0.2) is 34.9 Å². The number of alkyl halides is 3. The maximum atomic E-state index is 13.4. The van der Waals surface area contributed by atoms with Gasteiger partial charge in [0, 0.05) is 43.2 Å². The highest BCUT2D eigenvalue weighted by molar-refractivity contribution is 5.95. The highest BCUT2D eigenvalue weighted by atomic mass is 19.4. The van der Waals surface area contributed by atoms with Crippen molar-refractivity contribution < 1.29 is 27.5 Å². The van der Waals surface area contributed by atoms with Gasteiger partial charge in [0.25, 0.3) is 5.91 Å². The Morgan fingerprint density at radius 1 is 1.35 bits per heavy atom. The molecule has 0 saturated carbocycles. The molecular weight excluding hydrogens is 411 g/mol. The number of nitriles is 1. The molecule has 1 amide bonds. The molecule has 164 valence electrons. The second-order valence-electron chi connectivity index (χ2n) is 8.33. The summed E-state index contributed by atoms with van der Waals surface area (Å²) in [5.74, 6) is 0.266. The Kier molecular flexibility index (Phi) is 5.21. The summed E-state index contributed by atoms with van der Waals surface area (Å²) in [5.41, 5.74) is -0.987. The van der Waals surface area contributed by atoms with Gasteiger partial charge in [-0.1, -0.05) is 0 Å². The Balaban J connectivity index is 1.57. The Morgan fingerprint density at radius 2 is 2.13 bits per heavy atom. The highest BCUT2D eigenvalue weighted by Crippen LogP contribution is 2.44. The van der Waals surface area contributed by atoms with E-state index in [1.165, 1.54) is 18.4 Å². The number of amides is 1. The number of aliphatic hydroxyl groups is 1. The Labute approximate surface area is 177 Å². The van der Waals surface area contributed by atoms with Gasteiger partial charge >= 0.3 is 6.18 Å². The van der Waals surface area contributed by atoms with Crippen molar-refractivity contribution in [1.82, 2.24) is 4.90 Å². The van der Waals surface area contributed by atoms with Gasteiger partial charge in [-0.2, -0.15) is 18.4 Å². The van der Waals surface area contributed by atoms with Gasteiger partial charge in [0.2, 0.25) is 0 Å². The van der Waals surface area contributed by atoms with Crippen molar-refractivity contribution in [1.29, 1.82) is 5.26 Å². The van der Waals surface area contributed by atoms with Crippen LogP contribution in [0.25, 0.3) is 0 Å². The van der Waals surface area contributed by atoms with Gasteiger partial charge in [0.15, 0.2) is 0 Å². The molecule has 2 atom stereocenters. The molecule has 0 aliphatic carbocycles. The summed E-state index contributed by atoms with van der Waals surface area (Å²) >= 11 is 0. The summed E-state index contributed by atoms with van der Waals surface area (Å²) < 4.78 is 45.3. The van der Waals surface area contributed by atoms with Gasteiger partial charge in [0.05, 0.1) is 35.6 Å². The smallest absolute Gasteiger partial charge is 0.417 e. The zero-order valence-electron chi connectivity index (χ0n) is 16.9. The number of rotatable bonds is 3. The third kappa shape index (κ3) is 3.65. The van der Waals surface area contributed by atoms with Crippen molar-refractivity contribution in [3.8, 4) is 6.07 Å². The number of fused-ring (bicyclic) bond motifs is 1. The summed E-state index contributed by atoms with van der Waals surface area (Å²) in [6.45, 7) is 3.28. The third-order valence-corrected chi connectivity index (χ3v) is 6.62. The van der Waals surface area contributed by atoms with Crippen LogP contribution in [-0.2, 0) is 6.18 Å². The highest BCUT2D eigenvalue weighted by Gasteiger charge is 2.50. The summed E-state index contributed by atoms with van der Waals surface area (Å²) in [7, 11) is 0. The van der Waals surface area contributed by atoms with Crippen LogP contribution >= 0.6 is 0 Å². The van der Waals surface area contributed by atoms with Crippen molar-refractivity contribution in [2.24, 2.45) is 11.3 Å². The zero-order valence-corrected chi connectivity index (χ0v) is 16.9. The number of benzene rings is 1. The van der Waals surface area contributed by atoms with E-state index in [1.807, 2.05) is 4.90 Å². The number of aliphatic hydroxyl groups excluding tert-OH is 1. The van der Waals surface area contributed by atoms with Crippen molar-refractivity contribution in [2.45, 2.75) is 19.5 Å². The van der Waals surface area contributed by atoms with Crippen LogP contribution in [0, 0.1) is 29.6 Å². The predicted molar refractivity (Wildman–Crippen MR) is 105 cm³/mol. The molecule has 6 nitrogen and oxygen atoms in total. The largest absolute Gasteiger partial charge is 0.469 e. The number of anilines is 1. The van der Waals surface area contributed by atoms with E-state index in [0.29, 0.717) is 49.6 Å². The van der Waals surface area contributed by atoms with Crippen LogP contribution in [0.5, 0.6) is 0 Å². The van der Waals surface area contributed by atoms with Gasteiger partial charge in [-0.15, -0.1) is 0 Å². The number of hydrogen-bond donors (Lipinski definition) is 1. The first kappa shape index (κ1) is 21.2. The van der Waals surface area contributed by atoms with E-state index in [-0.39, 0.29) is 18.4 Å². The number of furan rings is 1. The van der Waals surface area contributed by atoms with E-state index in [9.17, 15) is 23.1 Å². The fraction of sp³-hybridized carbons (Fsp3) is 0.455. The lowest BCUT2D eigenvalue weighted by Gasteiger charge is -2.43. The van der Waals surface area contributed by atoms with Crippen LogP contribution in [-0.4, -0.2) is 48.7 Å². The minimum absolute atomic E-state index is 0.0904. The zero-order chi connectivity index (χ0) is 22.4. The molecule has 2 fully saturated rings. The Bertz CT molecular complexity index is 1040. The minimum atomic E-state index is -4.62. The Morgan fingerprint density at radius 3 is 2.74 bits per heavy atom. The van der Waals surface area contributed by atoms with Gasteiger partial charge in [-0.3, -0.25) is 4.79 Å². The van der Waals surface area contributed by atoms with Crippen molar-refractivity contribution in [2.75, 3.05) is 37.7 Å². The molecule has 0 unspecified atom stereocenters. The summed E-state index contributed by atoms with van der Waals surface area (Å²) in [6, 6.07) is 6.94. The Hall–Kier alpha value is -2.99. The van der Waals surface area contributed by atoms with Gasteiger partial charge in [-0.05, 0) is 37.6 Å². The van der Waals surface area contributed by atoms with Gasteiger partial charge in [-0.25, -0.2) is 0 Å². The lowest BCUT2D eigenvalue weighted by atomic mass is 9.73. The normalized spacial score (nSPS) is 23.5. The topological polar surface area (TPSA) is 80.7 Å². The van der Waals surface area contributed by atoms with Gasteiger partial charge < -0.3 is 19.3 Å². The standard InChI is InChI=1S/C22H22F3N3O3/c1-14-18(4-7-31-14)20(30)28-11-16-10-27(6-5-21(16,12-28)13-29)17-3-2-15(9-26)19(8-17)22(23,24)25/h2-4,7-8,16,29H,5-6,10-13H2,1H3/t16-,21+/m1/s1. The van der Waals surface area contributed by atoms with E-state index in [4.69, 9.17) is 9.68 Å². The van der Waals surface area contributed by atoms with E-state index in [0.717, 1.165) is 6.07 Å². The lowest BCUT2D eigenvalue weighted by molar-refractivity contribution is -0.137. The number of halogens is 3. The summed E-state index contributed by atoms with van der Waals surface area (Å²) in [5, 5.41) is 19.2. The first-order valence-corrected chi connectivity index (χ1v) is 9.99. The number of piperidine rings is 1. The molecule has 3 heterocycles. The van der Waals surface area contributed by atoms with Crippen LogP contribution in [0.3, 0.4) is 0 Å². The number of hydrogen-bond acceptors (Lipinski definition) is 5. The molecule has 2 saturated heterocycles. The molecule has 4 rings (SSSR count). The SMILES string of the molecule is Cc1occc1C(=O)N1C[C@H]2CN(c3ccc(C#N)c(C(F)(F)F)c3)CC[C@@]2(CO)C1. The minimum Gasteiger partial charge on any atom is -0.469 e. The first-order valence-electron chi connectivity index (χ1n) is 9.99. The molecule has 1 N–H and O–H groups in total. The van der Waals surface area contributed by atoms with Crippen LogP contribution in [0.2, 0.25) is 0 Å². The van der Waals surface area contributed by atoms with E-state index in [1.54, 1.807) is 24.0 Å². The van der Waals surface area contributed by atoms with E-state index in [2.05, 4.69) is 0 Å². The number of carbonyl (C=O) groups is 1. The average molecular weight is 433 g/mol. The fourth-order valence-corrected chi connectivity index (χ4v) is 4.77. The van der Waals surface area contributed by atoms with Crippen LogP contribution < -0.4 is 4.90 Å². The molecule has 31 heavy (non-hydrogen) atoms. The van der Waals surface area contributed by atoms with Crippen LogP contribution in [0.1, 0.15) is 33.7 Å². The number of nitrogens with zero attached hydrogens (tertiary/aromatic N) is 3. The molecule has 2 aromatic rings. The predicted octanol–water partition coefficient (Wildman–Crippen LogP) is 3.44. The van der Waals surface area contributed by atoms with E-state index < -0.39 is 22.7 Å². The monoisotopic (exact) mass is 433 g/mol. The summed E-state index contributed by atoms with van der Waals surface area (Å²) in [6.07, 6.45) is -2.62. The second-order valence-corrected chi connectivity index (χ2v) is 8.33. The van der Waals surface area contributed by atoms with Crippen molar-refractivity contribution in [3.05, 3.63) is 53.0 Å². The number of aryl methyl sites for hydroxylation is 1. The quantitative estimate of drug-likeness (QED) is 0.802. The van der Waals surface area contributed by atoms with Crippen molar-refractivity contribution >= 4 is 11.6 Å². The maximum Gasteiger partial charge on any atom is 0.417 e. The molecule has 2 aliphatic heterocycles. The molecule has 0 spiro atoms. The average Bonchev–Trinajstić information content (AvgIpc) is 3.35. The lowest BCUT2D eigenvalue weighted by Crippen LogP contribution is -2.49. The number of likely N-dealkylation sites (tertiary alicyclic amines) is 1. The molecule has 9 heteroatoms. The molecule has 0 radical (unpaired) electrons. The number of carbonyl (C=O) groups excluding carboxylic acids is 1. The first-order chi connectivity index (χ1) is 14.7. The second kappa shape index (κ2) is 7.61. The molecular formula is C22H22F3N3O3. The molecule has 1 aromatic heterocycles. The fourth-order valence-electron chi connectivity index (χ4n) is 4.77. The third-order valence-electron chi connectivity index (χ3n) is 6.62. The molecule has 0 bridgehead atoms. The van der Waals surface area contributed by atoms with Crippen molar-refractivity contribution in [3.63, 3.8) is 0 Å². The maximum absolute atomic E-state index is 13.4. The molecule has 1 aromatic carbocycles. The van der Waals surface area contributed by atoms with E-state index >= 15 is 0 Å². The molecule has 2 aliphatic rings. The van der Waals surface area contributed by atoms with Gasteiger partial charge in [0.1, 0.15) is 5.76 Å². The van der Waals surface area contributed by atoms with Crippen LogP contribution in [0.4, 0.5) is 18.9 Å². The summed E-state index contributed by atoms with van der Waals surface area (Å²) in [4.78, 5) is 16.5.